The zero-order chi connectivity index (χ0) is 17.8. The lowest BCUT2D eigenvalue weighted by Gasteiger charge is -2.24. The Morgan fingerprint density at radius 2 is 1.46 bits per heavy atom. The maximum absolute atomic E-state index is 6.05. The molecular weight excluding hydrogens is 340 g/mol. The molecule has 2 nitrogen and oxygen atoms in total. The third-order valence-electron chi connectivity index (χ3n) is 4.48. The molecule has 0 unspecified atom stereocenters. The Balaban J connectivity index is 1.65. The Morgan fingerprint density at radius 1 is 0.808 bits per heavy atom. The monoisotopic (exact) mass is 358 g/mol. The molecule has 0 aliphatic carbocycles. The van der Waals surface area contributed by atoms with E-state index in [9.17, 15) is 0 Å². The summed E-state index contributed by atoms with van der Waals surface area (Å²) in [7, 11) is 0. The van der Waals surface area contributed by atoms with Crippen LogP contribution in [0.5, 0.6) is 0 Å². The number of halogens is 1. The number of nitrogens with zero attached hydrogens (tertiary/aromatic N) is 2. The lowest BCUT2D eigenvalue weighted by Crippen LogP contribution is -2.18. The van der Waals surface area contributed by atoms with Gasteiger partial charge in [-0.15, -0.1) is 0 Å². The van der Waals surface area contributed by atoms with Crippen molar-refractivity contribution in [2.75, 3.05) is 5.01 Å². The SMILES string of the molecule is Clc1ccc(N2N=C(/C=C/c3ccccc3)C[C@@H]2c2ccccc2)cc1. The maximum atomic E-state index is 6.05. The smallest absolute Gasteiger partial charge is 0.0831 e. The van der Waals surface area contributed by atoms with Gasteiger partial charge < -0.3 is 0 Å². The normalized spacial score (nSPS) is 16.9. The second kappa shape index (κ2) is 7.59. The molecule has 0 radical (unpaired) electrons. The van der Waals surface area contributed by atoms with E-state index in [4.69, 9.17) is 16.7 Å². The lowest BCUT2D eigenvalue weighted by atomic mass is 10.0. The number of rotatable bonds is 4. The summed E-state index contributed by atoms with van der Waals surface area (Å²) in [5.74, 6) is 0. The lowest BCUT2D eigenvalue weighted by molar-refractivity contribution is 0.709. The summed E-state index contributed by atoms with van der Waals surface area (Å²) < 4.78 is 0. The third-order valence-corrected chi connectivity index (χ3v) is 4.73. The van der Waals surface area contributed by atoms with E-state index in [1.54, 1.807) is 0 Å². The van der Waals surface area contributed by atoms with Crippen LogP contribution in [0.2, 0.25) is 5.02 Å². The Kier molecular flexibility index (Phi) is 4.85. The molecule has 0 fully saturated rings. The molecule has 1 atom stereocenters. The van der Waals surface area contributed by atoms with Gasteiger partial charge in [-0.2, -0.15) is 5.10 Å². The average Bonchev–Trinajstić information content (AvgIpc) is 3.13. The van der Waals surface area contributed by atoms with Crippen molar-refractivity contribution in [1.82, 2.24) is 0 Å². The first-order valence-electron chi connectivity index (χ1n) is 8.70. The van der Waals surface area contributed by atoms with Crippen LogP contribution in [0.25, 0.3) is 6.08 Å². The maximum Gasteiger partial charge on any atom is 0.0831 e. The van der Waals surface area contributed by atoms with Gasteiger partial charge in [-0.05, 0) is 41.5 Å². The topological polar surface area (TPSA) is 15.6 Å². The molecule has 0 saturated heterocycles. The van der Waals surface area contributed by atoms with Crippen LogP contribution in [0.4, 0.5) is 5.69 Å². The molecule has 4 rings (SSSR count). The minimum absolute atomic E-state index is 0.188. The molecule has 128 valence electrons. The van der Waals surface area contributed by atoms with E-state index in [1.807, 2.05) is 48.5 Å². The summed E-state index contributed by atoms with van der Waals surface area (Å²) in [5, 5.41) is 7.71. The molecule has 1 aliphatic heterocycles. The van der Waals surface area contributed by atoms with Crippen LogP contribution in [-0.2, 0) is 0 Å². The van der Waals surface area contributed by atoms with E-state index in [0.29, 0.717) is 0 Å². The quantitative estimate of drug-likeness (QED) is 0.529. The molecule has 0 amide bonds. The van der Waals surface area contributed by atoms with Gasteiger partial charge in [-0.25, -0.2) is 0 Å². The van der Waals surface area contributed by atoms with Gasteiger partial charge in [0.1, 0.15) is 0 Å². The van der Waals surface area contributed by atoms with E-state index >= 15 is 0 Å². The zero-order valence-electron chi connectivity index (χ0n) is 14.3. The van der Waals surface area contributed by atoms with Gasteiger partial charge in [0.15, 0.2) is 0 Å². The second-order valence-electron chi connectivity index (χ2n) is 6.29. The van der Waals surface area contributed by atoms with E-state index in [0.717, 1.165) is 22.8 Å². The van der Waals surface area contributed by atoms with Gasteiger partial charge in [0.2, 0.25) is 0 Å². The first kappa shape index (κ1) is 16.6. The molecule has 0 bridgehead atoms. The Bertz CT molecular complexity index is 915. The van der Waals surface area contributed by atoms with Crippen molar-refractivity contribution in [3.63, 3.8) is 0 Å². The fourth-order valence-electron chi connectivity index (χ4n) is 3.16. The number of hydrazone groups is 1. The van der Waals surface area contributed by atoms with Gasteiger partial charge in [-0.1, -0.05) is 78.3 Å². The molecular formula is C23H19ClN2. The third kappa shape index (κ3) is 3.71. The van der Waals surface area contributed by atoms with Gasteiger partial charge >= 0.3 is 0 Å². The van der Waals surface area contributed by atoms with Gasteiger partial charge in [0, 0.05) is 11.4 Å². The first-order chi connectivity index (χ1) is 12.8. The zero-order valence-corrected chi connectivity index (χ0v) is 15.1. The summed E-state index contributed by atoms with van der Waals surface area (Å²) in [6, 6.07) is 28.9. The predicted molar refractivity (Wildman–Crippen MR) is 111 cm³/mol. The number of hydrogen-bond donors (Lipinski definition) is 0. The van der Waals surface area contributed by atoms with E-state index in [1.165, 1.54) is 11.1 Å². The van der Waals surface area contributed by atoms with Crippen molar-refractivity contribution in [2.45, 2.75) is 12.5 Å². The highest BCUT2D eigenvalue weighted by Gasteiger charge is 2.27. The summed E-state index contributed by atoms with van der Waals surface area (Å²) in [5.41, 5.74) is 4.55. The molecule has 0 spiro atoms. The van der Waals surface area contributed by atoms with Gasteiger partial charge in [0.05, 0.1) is 17.4 Å². The minimum Gasteiger partial charge on any atom is -0.257 e. The van der Waals surface area contributed by atoms with Crippen molar-refractivity contribution in [3.05, 3.63) is 107 Å². The molecule has 3 aromatic carbocycles. The number of hydrogen-bond acceptors (Lipinski definition) is 2. The molecule has 0 aromatic heterocycles. The summed E-state index contributed by atoms with van der Waals surface area (Å²) in [6.45, 7) is 0. The Hall–Kier alpha value is -2.84. The van der Waals surface area contributed by atoms with E-state index in [-0.39, 0.29) is 6.04 Å². The highest BCUT2D eigenvalue weighted by molar-refractivity contribution is 6.30. The van der Waals surface area contributed by atoms with Crippen LogP contribution in [0.1, 0.15) is 23.6 Å². The van der Waals surface area contributed by atoms with Crippen LogP contribution in [0, 0.1) is 0 Å². The fraction of sp³-hybridized carbons (Fsp3) is 0.0870. The fourth-order valence-corrected chi connectivity index (χ4v) is 3.28. The van der Waals surface area contributed by atoms with Crippen LogP contribution in [0.3, 0.4) is 0 Å². The van der Waals surface area contributed by atoms with Crippen LogP contribution in [-0.4, -0.2) is 5.71 Å². The highest BCUT2D eigenvalue weighted by Crippen LogP contribution is 2.35. The van der Waals surface area contributed by atoms with Crippen molar-refractivity contribution in [3.8, 4) is 0 Å². The molecule has 0 N–H and O–H groups in total. The van der Waals surface area contributed by atoms with E-state index < -0.39 is 0 Å². The van der Waals surface area contributed by atoms with Crippen molar-refractivity contribution >= 4 is 29.1 Å². The van der Waals surface area contributed by atoms with Crippen LogP contribution < -0.4 is 5.01 Å². The minimum atomic E-state index is 0.188. The van der Waals surface area contributed by atoms with Gasteiger partial charge in [0.25, 0.3) is 0 Å². The van der Waals surface area contributed by atoms with Crippen LogP contribution >= 0.6 is 11.6 Å². The van der Waals surface area contributed by atoms with Crippen LogP contribution in [0.15, 0.2) is 96.1 Å². The molecule has 3 heteroatoms. The highest BCUT2D eigenvalue weighted by atomic mass is 35.5. The number of benzene rings is 3. The van der Waals surface area contributed by atoms with Gasteiger partial charge in [-0.3, -0.25) is 5.01 Å². The summed E-state index contributed by atoms with van der Waals surface area (Å²) >= 11 is 6.05. The summed E-state index contributed by atoms with van der Waals surface area (Å²) in [4.78, 5) is 0. The molecule has 26 heavy (non-hydrogen) atoms. The number of anilines is 1. The predicted octanol–water partition coefficient (Wildman–Crippen LogP) is 6.36. The molecule has 0 saturated carbocycles. The summed E-state index contributed by atoms with van der Waals surface area (Å²) in [6.07, 6.45) is 5.10. The Morgan fingerprint density at radius 3 is 2.15 bits per heavy atom. The average molecular weight is 359 g/mol. The van der Waals surface area contributed by atoms with Crippen molar-refractivity contribution in [2.24, 2.45) is 5.10 Å². The largest absolute Gasteiger partial charge is 0.257 e. The molecule has 1 aliphatic rings. The van der Waals surface area contributed by atoms with Crippen molar-refractivity contribution in [1.29, 1.82) is 0 Å². The first-order valence-corrected chi connectivity index (χ1v) is 9.08. The Labute approximate surface area is 159 Å². The molecule has 1 heterocycles. The van der Waals surface area contributed by atoms with E-state index in [2.05, 4.69) is 53.6 Å². The second-order valence-corrected chi connectivity index (χ2v) is 6.72. The number of allylic oxidation sites excluding steroid dienone is 1. The standard InChI is InChI=1S/C23H19ClN2/c24-20-12-15-22(16-13-20)26-23(19-9-5-2-6-10-19)17-21(25-26)14-11-18-7-3-1-4-8-18/h1-16,23H,17H2/b14-11+/t23-/m1/s1. The van der Waals surface area contributed by atoms with Crippen molar-refractivity contribution < 1.29 is 0 Å². The molecule has 3 aromatic rings.